The topological polar surface area (TPSA) is 9.23 Å². The van der Waals surface area contributed by atoms with Crippen molar-refractivity contribution >= 4 is 0 Å². The second-order valence-corrected chi connectivity index (χ2v) is 7.13. The molecule has 0 aromatic rings. The molecule has 0 rings (SSSR count). The highest BCUT2D eigenvalue weighted by atomic mass is 16.5. The van der Waals surface area contributed by atoms with Crippen molar-refractivity contribution in [2.75, 3.05) is 6.61 Å². The molecule has 0 N–H and O–H groups in total. The van der Waals surface area contributed by atoms with Crippen molar-refractivity contribution < 1.29 is 4.74 Å². The molecule has 139 valence electrons. The first-order valence-corrected chi connectivity index (χ1v) is 10.8. The van der Waals surface area contributed by atoms with E-state index in [9.17, 15) is 0 Å². The monoisotopic (exact) mass is 325 g/mol. The normalized spacial score (nSPS) is 11.2. The Kier molecular flexibility index (Phi) is 21.9. The van der Waals surface area contributed by atoms with Gasteiger partial charge in [-0.25, -0.2) is 0 Å². The van der Waals surface area contributed by atoms with Crippen molar-refractivity contribution in [2.24, 2.45) is 0 Å². The number of unbranched alkanes of at least 4 members (excludes halogenated alkanes) is 16. The van der Waals surface area contributed by atoms with Crippen LogP contribution >= 0.6 is 0 Å². The van der Waals surface area contributed by atoms with Crippen LogP contribution in [0, 0.1) is 6.61 Å². The molecular weight excluding hydrogens is 280 g/mol. The van der Waals surface area contributed by atoms with Crippen LogP contribution < -0.4 is 0 Å². The van der Waals surface area contributed by atoms with Gasteiger partial charge in [0.05, 0.1) is 6.61 Å². The smallest absolute Gasteiger partial charge is 0.0836 e. The zero-order chi connectivity index (χ0) is 16.8. The Balaban J connectivity index is 2.92. The Hall–Kier alpha value is -0.0400. The molecular formula is C22H45O. The highest BCUT2D eigenvalue weighted by Crippen LogP contribution is 2.13. The first-order valence-electron chi connectivity index (χ1n) is 10.8. The number of ether oxygens (including phenoxy) is 1. The van der Waals surface area contributed by atoms with Crippen LogP contribution in [0.5, 0.6) is 0 Å². The Morgan fingerprint density at radius 3 is 1.35 bits per heavy atom. The van der Waals surface area contributed by atoms with Gasteiger partial charge in [0.2, 0.25) is 0 Å². The van der Waals surface area contributed by atoms with E-state index in [4.69, 9.17) is 4.74 Å². The lowest BCUT2D eigenvalue weighted by molar-refractivity contribution is 0.184. The van der Waals surface area contributed by atoms with Gasteiger partial charge < -0.3 is 4.74 Å². The first-order chi connectivity index (χ1) is 11.4. The van der Waals surface area contributed by atoms with E-state index in [1.54, 1.807) is 0 Å². The maximum Gasteiger partial charge on any atom is 0.0836 e. The van der Waals surface area contributed by atoms with Crippen molar-refractivity contribution in [3.05, 3.63) is 6.61 Å². The third-order valence-corrected chi connectivity index (χ3v) is 4.66. The van der Waals surface area contributed by atoms with Gasteiger partial charge in [0.15, 0.2) is 0 Å². The largest absolute Gasteiger partial charge is 0.376 e. The highest BCUT2D eigenvalue weighted by molar-refractivity contribution is 4.54. The molecule has 0 aliphatic heterocycles. The second kappa shape index (κ2) is 22.0. The van der Waals surface area contributed by atoms with E-state index in [-0.39, 0.29) is 0 Å². The molecule has 0 aromatic carbocycles. The summed E-state index contributed by atoms with van der Waals surface area (Å²) in [5.74, 6) is 0. The van der Waals surface area contributed by atoms with Gasteiger partial charge in [-0.2, -0.15) is 0 Å². The third-order valence-electron chi connectivity index (χ3n) is 4.66. The summed E-state index contributed by atoms with van der Waals surface area (Å²) in [6.07, 6.45) is 24.9. The Morgan fingerprint density at radius 2 is 0.870 bits per heavy atom. The zero-order valence-corrected chi connectivity index (χ0v) is 16.4. The third kappa shape index (κ3) is 22.0. The standard InChI is InChI=1S/C22H45O/c1-3-5-7-9-10-11-12-13-14-15-16-17-18-20-22-23-21-19-8-6-4-2/h22H,3-21H2,1-2H3. The van der Waals surface area contributed by atoms with Crippen molar-refractivity contribution in [2.45, 2.75) is 129 Å². The molecule has 1 heteroatoms. The number of hydrogen-bond donors (Lipinski definition) is 0. The van der Waals surface area contributed by atoms with E-state index < -0.39 is 0 Å². The van der Waals surface area contributed by atoms with E-state index in [1.165, 1.54) is 109 Å². The van der Waals surface area contributed by atoms with Crippen LogP contribution in [-0.2, 0) is 4.74 Å². The molecule has 0 saturated carbocycles. The summed E-state index contributed by atoms with van der Waals surface area (Å²) < 4.78 is 5.56. The van der Waals surface area contributed by atoms with E-state index in [0.717, 1.165) is 13.0 Å². The number of rotatable bonds is 20. The molecule has 0 saturated heterocycles. The van der Waals surface area contributed by atoms with Crippen LogP contribution in [0.4, 0.5) is 0 Å². The maximum absolute atomic E-state index is 5.56. The van der Waals surface area contributed by atoms with Crippen LogP contribution in [0.2, 0.25) is 0 Å². The summed E-state index contributed by atoms with van der Waals surface area (Å²) in [7, 11) is 0. The van der Waals surface area contributed by atoms with Crippen molar-refractivity contribution in [3.63, 3.8) is 0 Å². The Labute approximate surface area is 148 Å². The summed E-state index contributed by atoms with van der Waals surface area (Å²) in [4.78, 5) is 0. The fourth-order valence-corrected chi connectivity index (χ4v) is 3.02. The summed E-state index contributed by atoms with van der Waals surface area (Å²) in [6.45, 7) is 7.52. The lowest BCUT2D eigenvalue weighted by atomic mass is 10.0. The average molecular weight is 326 g/mol. The van der Waals surface area contributed by atoms with Crippen molar-refractivity contribution in [3.8, 4) is 0 Å². The van der Waals surface area contributed by atoms with Gasteiger partial charge in [0.25, 0.3) is 0 Å². The van der Waals surface area contributed by atoms with Crippen LogP contribution in [0.1, 0.15) is 129 Å². The summed E-state index contributed by atoms with van der Waals surface area (Å²) in [5, 5.41) is 0. The molecule has 0 heterocycles. The predicted octanol–water partition coefficient (Wildman–Crippen LogP) is 8.23. The molecule has 1 nitrogen and oxygen atoms in total. The molecule has 0 amide bonds. The molecule has 0 spiro atoms. The van der Waals surface area contributed by atoms with Gasteiger partial charge >= 0.3 is 0 Å². The minimum atomic E-state index is 0.929. The van der Waals surface area contributed by atoms with Crippen LogP contribution in [-0.4, -0.2) is 6.61 Å². The van der Waals surface area contributed by atoms with E-state index in [0.29, 0.717) is 0 Å². The molecule has 0 fully saturated rings. The van der Waals surface area contributed by atoms with Gasteiger partial charge in [-0.3, -0.25) is 0 Å². The molecule has 0 unspecified atom stereocenters. The van der Waals surface area contributed by atoms with Crippen LogP contribution in [0.15, 0.2) is 0 Å². The Morgan fingerprint density at radius 1 is 0.478 bits per heavy atom. The van der Waals surface area contributed by atoms with Gasteiger partial charge in [0, 0.05) is 6.61 Å². The zero-order valence-electron chi connectivity index (χ0n) is 16.4. The van der Waals surface area contributed by atoms with Crippen molar-refractivity contribution in [1.29, 1.82) is 0 Å². The minimum Gasteiger partial charge on any atom is -0.376 e. The summed E-state index contributed by atoms with van der Waals surface area (Å²) >= 11 is 0. The maximum atomic E-state index is 5.56. The summed E-state index contributed by atoms with van der Waals surface area (Å²) in [6, 6.07) is 0. The van der Waals surface area contributed by atoms with Gasteiger partial charge in [-0.1, -0.05) is 117 Å². The molecule has 23 heavy (non-hydrogen) atoms. The van der Waals surface area contributed by atoms with E-state index in [2.05, 4.69) is 13.8 Å². The second-order valence-electron chi connectivity index (χ2n) is 7.13. The van der Waals surface area contributed by atoms with E-state index in [1.807, 2.05) is 6.61 Å². The first kappa shape index (κ1) is 23.0. The molecule has 1 radical (unpaired) electrons. The quantitative estimate of drug-likeness (QED) is 0.205. The molecule has 0 bridgehead atoms. The van der Waals surface area contributed by atoms with Crippen LogP contribution in [0.25, 0.3) is 0 Å². The molecule has 0 atom stereocenters. The molecule has 0 aliphatic carbocycles. The van der Waals surface area contributed by atoms with Gasteiger partial charge in [-0.15, -0.1) is 0 Å². The fourth-order valence-electron chi connectivity index (χ4n) is 3.02. The predicted molar refractivity (Wildman–Crippen MR) is 105 cm³/mol. The molecule has 0 aliphatic rings. The fraction of sp³-hybridized carbons (Fsp3) is 0.955. The van der Waals surface area contributed by atoms with Crippen molar-refractivity contribution in [1.82, 2.24) is 0 Å². The summed E-state index contributed by atoms with van der Waals surface area (Å²) in [5.41, 5.74) is 0. The minimum absolute atomic E-state index is 0.929. The highest BCUT2D eigenvalue weighted by Gasteiger charge is 1.95. The van der Waals surface area contributed by atoms with Gasteiger partial charge in [-0.05, 0) is 12.8 Å². The van der Waals surface area contributed by atoms with Crippen LogP contribution in [0.3, 0.4) is 0 Å². The SMILES string of the molecule is CCCCCCCCCCCCCCC[CH]OCCCCCC. The lowest BCUT2D eigenvalue weighted by Gasteiger charge is -2.04. The lowest BCUT2D eigenvalue weighted by Crippen LogP contribution is -1.92. The number of hydrogen-bond acceptors (Lipinski definition) is 1. The average Bonchev–Trinajstić information content (AvgIpc) is 2.57. The molecule has 0 aromatic heterocycles. The van der Waals surface area contributed by atoms with Gasteiger partial charge in [0.1, 0.15) is 0 Å². The van der Waals surface area contributed by atoms with E-state index >= 15 is 0 Å². The Bertz CT molecular complexity index is 170.